The molecule has 0 saturated carbocycles. The zero-order valence-electron chi connectivity index (χ0n) is 26.4. The Morgan fingerprint density at radius 3 is 2.00 bits per heavy atom. The molecule has 47 heavy (non-hydrogen) atoms. The third-order valence-electron chi connectivity index (χ3n) is 6.69. The summed E-state index contributed by atoms with van der Waals surface area (Å²) in [6, 6.07) is 6.76. The Balaban J connectivity index is 0.000000359. The summed E-state index contributed by atoms with van der Waals surface area (Å²) < 4.78 is 38.4. The Morgan fingerprint density at radius 2 is 1.51 bits per heavy atom. The fourth-order valence-corrected chi connectivity index (χ4v) is 9.95. The third kappa shape index (κ3) is 17.5. The van der Waals surface area contributed by atoms with Gasteiger partial charge in [0, 0.05) is 93.3 Å². The van der Waals surface area contributed by atoms with Crippen LogP contribution in [0.2, 0.25) is 0 Å². The summed E-state index contributed by atoms with van der Waals surface area (Å²) >= 11 is 33.9. The van der Waals surface area contributed by atoms with Crippen molar-refractivity contribution in [1.82, 2.24) is 19.5 Å². The molecule has 2 aliphatic rings. The molecule has 2 fully saturated rings. The molecule has 2 aliphatic heterocycles. The first-order valence-corrected chi connectivity index (χ1v) is 21.6. The number of alkyl halides is 6. The van der Waals surface area contributed by atoms with Gasteiger partial charge in [-0.2, -0.15) is 0 Å². The third-order valence-corrected chi connectivity index (χ3v) is 12.3. The van der Waals surface area contributed by atoms with Gasteiger partial charge in [-0.15, -0.1) is 69.6 Å². The number of aliphatic carboxylic acids is 1. The minimum absolute atomic E-state index is 0.320. The number of carbonyl (C=O) groups is 1. The van der Waals surface area contributed by atoms with Crippen molar-refractivity contribution in [2.24, 2.45) is 5.73 Å². The highest BCUT2D eigenvalue weighted by atomic mass is 35.5. The Morgan fingerprint density at radius 1 is 0.915 bits per heavy atom. The maximum atomic E-state index is 12.2. The lowest BCUT2D eigenvalue weighted by Crippen LogP contribution is -2.36. The normalized spacial score (nSPS) is 22.0. The number of hydrogen-bond donors (Lipinski definition) is 4. The van der Waals surface area contributed by atoms with Crippen molar-refractivity contribution >= 4 is 96.6 Å². The molecule has 0 aliphatic carbocycles. The minimum Gasteiger partial charge on any atom is -0.480 e. The van der Waals surface area contributed by atoms with Crippen LogP contribution < -0.4 is 20.8 Å². The number of rotatable bonds is 18. The molecule has 3 rings (SSSR count). The number of nitrogens with zero attached hydrogens (tertiary/aromatic N) is 3. The second-order valence-corrected chi connectivity index (χ2v) is 16.7. The number of benzene rings is 1. The molecule has 2 saturated heterocycles. The van der Waals surface area contributed by atoms with Crippen LogP contribution in [0.15, 0.2) is 24.3 Å². The van der Waals surface area contributed by atoms with Gasteiger partial charge in [0.2, 0.25) is 0 Å². The first-order valence-electron chi connectivity index (χ1n) is 15.2. The lowest BCUT2D eigenvalue weighted by Gasteiger charge is -2.34. The first-order chi connectivity index (χ1) is 22.5. The number of nitrogens with two attached hydrogens (primary N) is 1. The van der Waals surface area contributed by atoms with Crippen molar-refractivity contribution in [1.29, 1.82) is 0 Å². The van der Waals surface area contributed by atoms with Crippen LogP contribution in [0.25, 0.3) is 0 Å². The van der Waals surface area contributed by atoms with Crippen LogP contribution in [-0.2, 0) is 29.4 Å². The van der Waals surface area contributed by atoms with E-state index in [9.17, 15) is 13.9 Å². The molecule has 274 valence electrons. The van der Waals surface area contributed by atoms with Gasteiger partial charge in [0.25, 0.3) is 0 Å². The number of anilines is 1. The average Bonchev–Trinajstić information content (AvgIpc) is 3.06. The summed E-state index contributed by atoms with van der Waals surface area (Å²) in [4.78, 5) is 12.8. The van der Waals surface area contributed by atoms with E-state index in [1.807, 2.05) is 24.3 Å². The molecule has 20 heteroatoms. The number of nitrogens with one attached hydrogen (secondary N) is 2. The Hall–Kier alpha value is 0.410. The number of halogens is 6. The van der Waals surface area contributed by atoms with E-state index in [1.54, 1.807) is 9.34 Å². The van der Waals surface area contributed by atoms with Crippen molar-refractivity contribution in [2.75, 3.05) is 106 Å². The Labute approximate surface area is 309 Å². The maximum Gasteiger partial charge on any atom is 0.343 e. The predicted molar refractivity (Wildman–Crippen MR) is 198 cm³/mol. The second-order valence-electron chi connectivity index (χ2n) is 10.1. The maximum absolute atomic E-state index is 12.2. The molecular weight excluding hydrogens is 779 g/mol. The van der Waals surface area contributed by atoms with Gasteiger partial charge in [-0.1, -0.05) is 12.1 Å². The van der Waals surface area contributed by atoms with Crippen molar-refractivity contribution in [3.63, 3.8) is 0 Å². The van der Waals surface area contributed by atoms with E-state index >= 15 is 0 Å². The second kappa shape index (κ2) is 26.2. The van der Waals surface area contributed by atoms with Crippen LogP contribution in [0.4, 0.5) is 5.69 Å². The summed E-state index contributed by atoms with van der Waals surface area (Å²) in [7, 11) is -5.68. The Kier molecular flexibility index (Phi) is 25.3. The lowest BCUT2D eigenvalue weighted by molar-refractivity contribution is -0.138. The quantitative estimate of drug-likeness (QED) is 0.106. The van der Waals surface area contributed by atoms with E-state index in [0.717, 1.165) is 50.3 Å². The Bertz CT molecular complexity index is 1050. The monoisotopic (exact) mass is 824 g/mol. The molecule has 1 aromatic rings. The molecule has 0 amide bonds. The number of carboxylic acids is 1. The molecule has 0 radical (unpaired) electrons. The molecule has 0 aromatic heterocycles. The number of hydrogen-bond acceptors (Lipinski definition) is 7. The molecule has 0 spiro atoms. The van der Waals surface area contributed by atoms with Crippen molar-refractivity contribution in [3.8, 4) is 0 Å². The van der Waals surface area contributed by atoms with E-state index in [-0.39, 0.29) is 0 Å². The van der Waals surface area contributed by atoms with Gasteiger partial charge in [0.1, 0.15) is 6.04 Å². The molecule has 3 atom stereocenters. The molecule has 12 nitrogen and oxygen atoms in total. The average molecular weight is 827 g/mol. The van der Waals surface area contributed by atoms with Crippen LogP contribution in [0, 0.1) is 0 Å². The summed E-state index contributed by atoms with van der Waals surface area (Å²) in [5, 5.41) is 14.5. The predicted octanol–water partition coefficient (Wildman–Crippen LogP) is 5.69. The highest BCUT2D eigenvalue weighted by Crippen LogP contribution is 2.49. The van der Waals surface area contributed by atoms with Gasteiger partial charge in [-0.05, 0) is 37.0 Å². The summed E-state index contributed by atoms with van der Waals surface area (Å²) in [5.74, 6) is 1.79. The zero-order chi connectivity index (χ0) is 35.1. The van der Waals surface area contributed by atoms with Gasteiger partial charge in [-0.25, -0.2) is 19.5 Å². The van der Waals surface area contributed by atoms with Crippen LogP contribution in [-0.4, -0.2) is 127 Å². The van der Waals surface area contributed by atoms with Crippen LogP contribution in [0.1, 0.15) is 18.4 Å². The standard InChI is InChI=1S/C13H18Cl2N2O2.2C7H15Cl2N2O2P/c14-5-7-17(8-6-15)11-3-1-10(2-4-11)9-12(16)13(18)19;8-2-4-10-14(12)11(6-3-9)5-1-7-13-14;8-2-5-11(6-3-9)14(12)10-4-1-7-13-14/h1-4,12H,5-9,16H2,(H,18,19);2*1-7H2,(H,10,12)/t12-;;/m0../s1. The van der Waals surface area contributed by atoms with E-state index < -0.39 is 27.4 Å². The number of carboxylic acid groups (broad SMARTS) is 1. The molecular formula is C27H48Cl6N6O6P2. The van der Waals surface area contributed by atoms with Crippen molar-refractivity contribution in [2.45, 2.75) is 25.3 Å². The van der Waals surface area contributed by atoms with Gasteiger partial charge in [0.15, 0.2) is 0 Å². The molecule has 1 aromatic carbocycles. The SMILES string of the molecule is N[C@@H](Cc1ccc(N(CCCl)CCCl)cc1)C(=O)O.O=P1(N(CCCl)CCCl)NCCCO1.O=P1(NCCCl)OCCCN1CCCl. The van der Waals surface area contributed by atoms with Crippen LogP contribution in [0.5, 0.6) is 0 Å². The highest BCUT2D eigenvalue weighted by Gasteiger charge is 2.34. The van der Waals surface area contributed by atoms with Gasteiger partial charge >= 0.3 is 21.3 Å². The summed E-state index contributed by atoms with van der Waals surface area (Å²) in [6.07, 6.45) is 2.10. The highest BCUT2D eigenvalue weighted by molar-refractivity contribution is 7.54. The topological polar surface area (TPSA) is 150 Å². The minimum atomic E-state index is -2.84. The van der Waals surface area contributed by atoms with Crippen molar-refractivity contribution < 1.29 is 28.1 Å². The van der Waals surface area contributed by atoms with Gasteiger partial charge in [0.05, 0.1) is 13.2 Å². The molecule has 2 unspecified atom stereocenters. The lowest BCUT2D eigenvalue weighted by atomic mass is 10.1. The van der Waals surface area contributed by atoms with E-state index in [1.165, 1.54) is 0 Å². The first kappa shape index (κ1) is 45.4. The molecule has 2 heterocycles. The summed E-state index contributed by atoms with van der Waals surface area (Å²) in [5.41, 5.74) is 7.42. The fraction of sp³-hybridized carbons (Fsp3) is 0.741. The smallest absolute Gasteiger partial charge is 0.343 e. The molecule has 0 bridgehead atoms. The fourth-order valence-electron chi connectivity index (χ4n) is 4.36. The molecule has 5 N–H and O–H groups in total. The van der Waals surface area contributed by atoms with Crippen LogP contribution >= 0.6 is 84.9 Å². The van der Waals surface area contributed by atoms with E-state index in [2.05, 4.69) is 15.1 Å². The van der Waals surface area contributed by atoms with Crippen molar-refractivity contribution in [3.05, 3.63) is 29.8 Å². The van der Waals surface area contributed by atoms with Gasteiger partial charge < -0.3 is 24.8 Å². The van der Waals surface area contributed by atoms with E-state index in [4.69, 9.17) is 89.5 Å². The van der Waals surface area contributed by atoms with Crippen LogP contribution in [0.3, 0.4) is 0 Å². The largest absolute Gasteiger partial charge is 0.480 e. The van der Waals surface area contributed by atoms with Gasteiger partial charge in [-0.3, -0.25) is 13.9 Å². The zero-order valence-corrected chi connectivity index (χ0v) is 32.7. The summed E-state index contributed by atoms with van der Waals surface area (Å²) in [6.45, 7) is 6.11. The van der Waals surface area contributed by atoms with E-state index in [0.29, 0.717) is 81.1 Å².